The predicted octanol–water partition coefficient (Wildman–Crippen LogP) is 4.34. The molecule has 0 aromatic heterocycles. The SMILES string of the molecule is CC[C@H](C(=O)N[C@H](C)c1ccc(C)cc1C)N(c1cc(C)ccc1C)S(C)(=O)=O. The van der Waals surface area contributed by atoms with Gasteiger partial charge in [0.2, 0.25) is 15.9 Å². The molecule has 0 radical (unpaired) electrons. The number of anilines is 1. The van der Waals surface area contributed by atoms with Gasteiger partial charge in [-0.3, -0.25) is 9.10 Å². The lowest BCUT2D eigenvalue weighted by atomic mass is 10.00. The number of hydrogen-bond donors (Lipinski definition) is 1. The third kappa shape index (κ3) is 5.38. The molecular formula is C23H32N2O3S. The van der Waals surface area contributed by atoms with E-state index in [-0.39, 0.29) is 11.9 Å². The van der Waals surface area contributed by atoms with E-state index in [1.807, 2.05) is 71.9 Å². The Labute approximate surface area is 175 Å². The quantitative estimate of drug-likeness (QED) is 0.730. The van der Waals surface area contributed by atoms with Crippen LogP contribution in [0, 0.1) is 27.7 Å². The minimum absolute atomic E-state index is 0.225. The fraction of sp³-hybridized carbons (Fsp3) is 0.435. The van der Waals surface area contributed by atoms with Crippen LogP contribution in [0.5, 0.6) is 0 Å². The molecule has 0 unspecified atom stereocenters. The van der Waals surface area contributed by atoms with Crippen molar-refractivity contribution in [2.75, 3.05) is 10.6 Å². The number of benzene rings is 2. The maximum Gasteiger partial charge on any atom is 0.244 e. The lowest BCUT2D eigenvalue weighted by molar-refractivity contribution is -0.122. The van der Waals surface area contributed by atoms with E-state index in [2.05, 4.69) is 11.4 Å². The first-order valence-corrected chi connectivity index (χ1v) is 11.7. The molecule has 0 saturated heterocycles. The van der Waals surface area contributed by atoms with Gasteiger partial charge in [-0.15, -0.1) is 0 Å². The molecule has 5 nitrogen and oxygen atoms in total. The van der Waals surface area contributed by atoms with Gasteiger partial charge in [0.05, 0.1) is 18.0 Å². The predicted molar refractivity (Wildman–Crippen MR) is 120 cm³/mol. The van der Waals surface area contributed by atoms with Crippen molar-refractivity contribution in [1.82, 2.24) is 5.32 Å². The molecule has 6 heteroatoms. The molecule has 1 N–H and O–H groups in total. The standard InChI is InChI=1S/C23H32N2O3S/c1-8-21(23(26)24-19(6)20-12-10-15(2)13-18(20)5)25(29(7,27)28)22-14-16(3)9-11-17(22)4/h9-14,19,21H,8H2,1-7H3,(H,24,26)/t19-,21-/m1/s1. The molecule has 2 aromatic carbocycles. The highest BCUT2D eigenvalue weighted by molar-refractivity contribution is 7.92. The van der Waals surface area contributed by atoms with E-state index in [0.717, 1.165) is 34.1 Å². The lowest BCUT2D eigenvalue weighted by Crippen LogP contribution is -2.50. The molecule has 0 saturated carbocycles. The molecule has 0 fully saturated rings. The third-order valence-electron chi connectivity index (χ3n) is 5.18. The Morgan fingerprint density at radius 1 is 1.00 bits per heavy atom. The Morgan fingerprint density at radius 2 is 1.59 bits per heavy atom. The molecule has 0 spiro atoms. The molecule has 0 aliphatic carbocycles. The van der Waals surface area contributed by atoms with Crippen LogP contribution < -0.4 is 9.62 Å². The van der Waals surface area contributed by atoms with Crippen LogP contribution in [0.25, 0.3) is 0 Å². The number of nitrogens with one attached hydrogen (secondary N) is 1. The Kier molecular flexibility index (Phi) is 7.11. The molecule has 0 heterocycles. The summed E-state index contributed by atoms with van der Waals surface area (Å²) in [7, 11) is -3.66. The smallest absolute Gasteiger partial charge is 0.244 e. The van der Waals surface area contributed by atoms with Crippen LogP contribution in [0.1, 0.15) is 54.1 Å². The fourth-order valence-corrected chi connectivity index (χ4v) is 4.95. The van der Waals surface area contributed by atoms with Crippen LogP contribution in [0.4, 0.5) is 5.69 Å². The van der Waals surface area contributed by atoms with Gasteiger partial charge in [0.15, 0.2) is 0 Å². The van der Waals surface area contributed by atoms with Crippen molar-refractivity contribution in [3.8, 4) is 0 Å². The van der Waals surface area contributed by atoms with Gasteiger partial charge in [0.1, 0.15) is 6.04 Å². The minimum Gasteiger partial charge on any atom is -0.348 e. The Hall–Kier alpha value is -2.34. The fourth-order valence-electron chi connectivity index (χ4n) is 3.69. The molecule has 29 heavy (non-hydrogen) atoms. The molecule has 0 aliphatic rings. The molecule has 2 aromatic rings. The first kappa shape index (κ1) is 22.9. The van der Waals surface area contributed by atoms with Gasteiger partial charge in [0.25, 0.3) is 0 Å². The van der Waals surface area contributed by atoms with Gasteiger partial charge >= 0.3 is 0 Å². The van der Waals surface area contributed by atoms with Crippen LogP contribution >= 0.6 is 0 Å². The zero-order valence-corrected chi connectivity index (χ0v) is 19.2. The summed E-state index contributed by atoms with van der Waals surface area (Å²) in [4.78, 5) is 13.2. The number of carbonyl (C=O) groups is 1. The van der Waals surface area contributed by atoms with Crippen molar-refractivity contribution >= 4 is 21.6 Å². The van der Waals surface area contributed by atoms with E-state index >= 15 is 0 Å². The zero-order chi connectivity index (χ0) is 21.9. The number of rotatable bonds is 7. The summed E-state index contributed by atoms with van der Waals surface area (Å²) in [6.45, 7) is 11.6. The van der Waals surface area contributed by atoms with E-state index in [4.69, 9.17) is 0 Å². The molecule has 1 amide bonds. The summed E-state index contributed by atoms with van der Waals surface area (Å²) >= 11 is 0. The van der Waals surface area contributed by atoms with E-state index in [1.165, 1.54) is 4.31 Å². The first-order chi connectivity index (χ1) is 13.5. The van der Waals surface area contributed by atoms with E-state index in [1.54, 1.807) is 0 Å². The summed E-state index contributed by atoms with van der Waals surface area (Å²) in [5, 5.41) is 3.02. The largest absolute Gasteiger partial charge is 0.348 e. The topological polar surface area (TPSA) is 66.5 Å². The Bertz CT molecular complexity index is 999. The number of nitrogens with zero attached hydrogens (tertiary/aromatic N) is 1. The van der Waals surface area contributed by atoms with Gasteiger partial charge in [-0.25, -0.2) is 8.42 Å². The maximum absolute atomic E-state index is 13.2. The normalized spacial score (nSPS) is 13.6. The van der Waals surface area contributed by atoms with Crippen molar-refractivity contribution in [1.29, 1.82) is 0 Å². The molecular weight excluding hydrogens is 384 g/mol. The Morgan fingerprint density at radius 3 is 2.14 bits per heavy atom. The van der Waals surface area contributed by atoms with Crippen molar-refractivity contribution in [2.24, 2.45) is 0 Å². The number of hydrogen-bond acceptors (Lipinski definition) is 3. The maximum atomic E-state index is 13.2. The monoisotopic (exact) mass is 416 g/mol. The second kappa shape index (κ2) is 8.99. The summed E-state index contributed by atoms with van der Waals surface area (Å²) in [5.74, 6) is -0.300. The highest BCUT2D eigenvalue weighted by Crippen LogP contribution is 2.28. The van der Waals surface area contributed by atoms with Crippen LogP contribution in [0.15, 0.2) is 36.4 Å². The highest BCUT2D eigenvalue weighted by atomic mass is 32.2. The van der Waals surface area contributed by atoms with Gasteiger partial charge in [0, 0.05) is 0 Å². The average Bonchev–Trinajstić information content (AvgIpc) is 2.60. The average molecular weight is 417 g/mol. The molecule has 0 bridgehead atoms. The summed E-state index contributed by atoms with van der Waals surface area (Å²) in [6.07, 6.45) is 1.52. The number of amides is 1. The van der Waals surface area contributed by atoms with Gasteiger partial charge in [-0.05, 0) is 69.4 Å². The van der Waals surface area contributed by atoms with Crippen molar-refractivity contribution in [3.63, 3.8) is 0 Å². The van der Waals surface area contributed by atoms with Crippen LogP contribution in [0.2, 0.25) is 0 Å². The zero-order valence-electron chi connectivity index (χ0n) is 18.4. The Balaban J connectivity index is 2.39. The minimum atomic E-state index is -3.66. The van der Waals surface area contributed by atoms with Crippen LogP contribution in [-0.4, -0.2) is 26.6 Å². The van der Waals surface area contributed by atoms with Crippen LogP contribution in [0.3, 0.4) is 0 Å². The molecule has 158 valence electrons. The summed E-state index contributed by atoms with van der Waals surface area (Å²) in [5.41, 5.74) is 5.59. The summed E-state index contributed by atoms with van der Waals surface area (Å²) in [6, 6.07) is 10.7. The highest BCUT2D eigenvalue weighted by Gasteiger charge is 2.33. The van der Waals surface area contributed by atoms with E-state index in [0.29, 0.717) is 12.1 Å². The van der Waals surface area contributed by atoms with Crippen molar-refractivity contribution < 1.29 is 13.2 Å². The molecule has 0 aliphatic heterocycles. The molecule has 2 atom stereocenters. The second-order valence-electron chi connectivity index (χ2n) is 7.86. The number of aryl methyl sites for hydroxylation is 4. The van der Waals surface area contributed by atoms with E-state index < -0.39 is 16.1 Å². The summed E-state index contributed by atoms with van der Waals surface area (Å²) < 4.78 is 26.7. The second-order valence-corrected chi connectivity index (χ2v) is 9.72. The van der Waals surface area contributed by atoms with Gasteiger partial charge in [-0.1, -0.05) is 42.8 Å². The van der Waals surface area contributed by atoms with Gasteiger partial charge < -0.3 is 5.32 Å². The van der Waals surface area contributed by atoms with E-state index in [9.17, 15) is 13.2 Å². The van der Waals surface area contributed by atoms with Crippen molar-refractivity contribution in [3.05, 3.63) is 64.2 Å². The number of sulfonamides is 1. The third-order valence-corrected chi connectivity index (χ3v) is 6.35. The first-order valence-electron chi connectivity index (χ1n) is 9.89. The van der Waals surface area contributed by atoms with Crippen LogP contribution in [-0.2, 0) is 14.8 Å². The number of carbonyl (C=O) groups excluding carboxylic acids is 1. The molecule has 2 rings (SSSR count). The van der Waals surface area contributed by atoms with Gasteiger partial charge in [-0.2, -0.15) is 0 Å². The van der Waals surface area contributed by atoms with Crippen molar-refractivity contribution in [2.45, 2.75) is 60.0 Å². The lowest BCUT2D eigenvalue weighted by Gasteiger charge is -2.32.